The van der Waals surface area contributed by atoms with Gasteiger partial charge in [0.05, 0.1) is 6.10 Å². The van der Waals surface area contributed by atoms with E-state index >= 15 is 0 Å². The van der Waals surface area contributed by atoms with Crippen molar-refractivity contribution >= 4 is 11.9 Å². The first-order valence-electron chi connectivity index (χ1n) is 5.93. The molecule has 5 nitrogen and oxygen atoms in total. The van der Waals surface area contributed by atoms with Gasteiger partial charge in [0, 0.05) is 26.0 Å². The minimum atomic E-state index is -0.934. The molecule has 0 radical (unpaired) electrons. The Balaban J connectivity index is 2.08. The molecule has 3 atom stereocenters. The third-order valence-electron chi connectivity index (χ3n) is 3.98. The van der Waals surface area contributed by atoms with Gasteiger partial charge in [-0.1, -0.05) is 13.8 Å². The molecule has 2 aliphatic rings. The average Bonchev–Trinajstić information content (AvgIpc) is 2.74. The van der Waals surface area contributed by atoms with E-state index in [9.17, 15) is 9.59 Å². The van der Waals surface area contributed by atoms with Gasteiger partial charge in [0.1, 0.15) is 6.04 Å². The maximum atomic E-state index is 12.2. The molecular formula is C12H19NO4. The monoisotopic (exact) mass is 241 g/mol. The zero-order valence-electron chi connectivity index (χ0n) is 10.5. The van der Waals surface area contributed by atoms with Crippen molar-refractivity contribution in [3.8, 4) is 0 Å². The van der Waals surface area contributed by atoms with Crippen LogP contribution in [0.3, 0.4) is 0 Å². The van der Waals surface area contributed by atoms with E-state index in [1.165, 1.54) is 4.90 Å². The number of carboxylic acid groups (broad SMARTS) is 1. The molecule has 1 aliphatic heterocycles. The molecule has 96 valence electrons. The van der Waals surface area contributed by atoms with Crippen LogP contribution in [0.15, 0.2) is 0 Å². The van der Waals surface area contributed by atoms with Crippen LogP contribution in [0, 0.1) is 11.3 Å². The summed E-state index contributed by atoms with van der Waals surface area (Å²) in [6.45, 7) is 4.48. The van der Waals surface area contributed by atoms with E-state index in [1.54, 1.807) is 7.11 Å². The minimum absolute atomic E-state index is 0.0139. The van der Waals surface area contributed by atoms with E-state index in [1.807, 2.05) is 13.8 Å². The molecule has 2 fully saturated rings. The molecule has 0 bridgehead atoms. The van der Waals surface area contributed by atoms with E-state index < -0.39 is 12.0 Å². The summed E-state index contributed by atoms with van der Waals surface area (Å²) in [6, 6.07) is -0.719. The molecule has 1 saturated heterocycles. The van der Waals surface area contributed by atoms with Crippen molar-refractivity contribution in [2.75, 3.05) is 13.7 Å². The van der Waals surface area contributed by atoms with Crippen LogP contribution in [-0.2, 0) is 14.3 Å². The van der Waals surface area contributed by atoms with Crippen molar-refractivity contribution in [2.45, 2.75) is 38.8 Å². The van der Waals surface area contributed by atoms with Gasteiger partial charge < -0.3 is 14.7 Å². The molecule has 0 aromatic carbocycles. The number of hydrogen-bond donors (Lipinski definition) is 1. The molecular weight excluding hydrogens is 222 g/mol. The molecule has 0 spiro atoms. The summed E-state index contributed by atoms with van der Waals surface area (Å²) >= 11 is 0. The number of aliphatic carboxylic acids is 1. The maximum Gasteiger partial charge on any atom is 0.326 e. The highest BCUT2D eigenvalue weighted by Gasteiger charge is 2.54. The first-order valence-corrected chi connectivity index (χ1v) is 5.93. The summed E-state index contributed by atoms with van der Waals surface area (Å²) in [4.78, 5) is 24.8. The summed E-state index contributed by atoms with van der Waals surface area (Å²) < 4.78 is 5.17. The third kappa shape index (κ3) is 2.16. The highest BCUT2D eigenvalue weighted by Crippen LogP contribution is 2.53. The van der Waals surface area contributed by atoms with E-state index in [-0.39, 0.29) is 23.3 Å². The molecule has 1 saturated carbocycles. The number of carbonyl (C=O) groups is 2. The standard InChI is InChI=1S/C12H19NO4/c1-12(2)5-8(12)10(14)13-6-7(17-3)4-9(13)11(15)16/h7-9H,4-6H2,1-3H3,(H,15,16)/t7?,8-,9?/m1/s1. The summed E-state index contributed by atoms with van der Waals surface area (Å²) in [7, 11) is 1.55. The summed E-state index contributed by atoms with van der Waals surface area (Å²) in [5.74, 6) is -0.974. The summed E-state index contributed by atoms with van der Waals surface area (Å²) in [6.07, 6.45) is 1.10. The topological polar surface area (TPSA) is 66.8 Å². The SMILES string of the molecule is COC1CC(C(=O)O)N(C(=O)[C@H]2CC2(C)C)C1. The van der Waals surface area contributed by atoms with Crippen LogP contribution in [0.25, 0.3) is 0 Å². The van der Waals surface area contributed by atoms with Crippen LogP contribution in [0.4, 0.5) is 0 Å². The van der Waals surface area contributed by atoms with Crippen LogP contribution in [-0.4, -0.2) is 47.7 Å². The van der Waals surface area contributed by atoms with Gasteiger partial charge in [0.2, 0.25) is 5.91 Å². The Labute approximate surface area is 101 Å². The number of nitrogens with zero attached hydrogens (tertiary/aromatic N) is 1. The minimum Gasteiger partial charge on any atom is -0.480 e. The number of carboxylic acids is 1. The number of amides is 1. The Morgan fingerprint density at radius 3 is 2.41 bits per heavy atom. The van der Waals surface area contributed by atoms with Gasteiger partial charge in [-0.3, -0.25) is 4.79 Å². The molecule has 0 aromatic rings. The molecule has 1 amide bonds. The zero-order chi connectivity index (χ0) is 12.8. The van der Waals surface area contributed by atoms with Crippen LogP contribution in [0.1, 0.15) is 26.7 Å². The zero-order valence-corrected chi connectivity index (χ0v) is 10.5. The van der Waals surface area contributed by atoms with Gasteiger partial charge in [-0.2, -0.15) is 0 Å². The van der Waals surface area contributed by atoms with Gasteiger partial charge in [-0.05, 0) is 11.8 Å². The van der Waals surface area contributed by atoms with Crippen molar-refractivity contribution in [3.05, 3.63) is 0 Å². The van der Waals surface area contributed by atoms with Crippen molar-refractivity contribution < 1.29 is 19.4 Å². The first-order chi connectivity index (χ1) is 7.86. The smallest absolute Gasteiger partial charge is 0.326 e. The second-order valence-corrected chi connectivity index (χ2v) is 5.68. The van der Waals surface area contributed by atoms with Crippen molar-refractivity contribution in [3.63, 3.8) is 0 Å². The number of carbonyl (C=O) groups excluding carboxylic acids is 1. The van der Waals surface area contributed by atoms with Gasteiger partial charge in [-0.25, -0.2) is 4.79 Å². The molecule has 5 heteroatoms. The van der Waals surface area contributed by atoms with Gasteiger partial charge in [-0.15, -0.1) is 0 Å². The quantitative estimate of drug-likeness (QED) is 0.791. The highest BCUT2D eigenvalue weighted by atomic mass is 16.5. The average molecular weight is 241 g/mol. The fraction of sp³-hybridized carbons (Fsp3) is 0.833. The molecule has 1 aliphatic carbocycles. The number of hydrogen-bond acceptors (Lipinski definition) is 3. The lowest BCUT2D eigenvalue weighted by molar-refractivity contribution is -0.149. The van der Waals surface area contributed by atoms with Crippen LogP contribution in [0.5, 0.6) is 0 Å². The molecule has 2 rings (SSSR count). The lowest BCUT2D eigenvalue weighted by Gasteiger charge is -2.22. The first kappa shape index (κ1) is 12.4. The predicted octanol–water partition coefficient (Wildman–Crippen LogP) is 0.733. The number of methoxy groups -OCH3 is 1. The summed E-state index contributed by atoms with van der Waals surface area (Å²) in [5, 5.41) is 9.13. The third-order valence-corrected chi connectivity index (χ3v) is 3.98. The predicted molar refractivity (Wildman–Crippen MR) is 60.4 cm³/mol. The molecule has 2 unspecified atom stereocenters. The number of ether oxygens (including phenoxy) is 1. The number of likely N-dealkylation sites (tertiary alicyclic amines) is 1. The Morgan fingerprint density at radius 1 is 1.41 bits per heavy atom. The Kier molecular flexibility index (Phi) is 2.89. The maximum absolute atomic E-state index is 12.2. The molecule has 1 heterocycles. The normalized spacial score (nSPS) is 34.8. The van der Waals surface area contributed by atoms with Crippen LogP contribution in [0.2, 0.25) is 0 Å². The van der Waals surface area contributed by atoms with E-state index in [2.05, 4.69) is 0 Å². The van der Waals surface area contributed by atoms with Crippen LogP contribution >= 0.6 is 0 Å². The fourth-order valence-electron chi connectivity index (χ4n) is 2.53. The second kappa shape index (κ2) is 3.98. The Morgan fingerprint density at radius 2 is 2.00 bits per heavy atom. The lowest BCUT2D eigenvalue weighted by atomic mass is 10.1. The molecule has 0 aromatic heterocycles. The fourth-order valence-corrected chi connectivity index (χ4v) is 2.53. The molecule has 1 N–H and O–H groups in total. The summed E-state index contributed by atoms with van der Waals surface area (Å²) in [5.41, 5.74) is 0.0330. The van der Waals surface area contributed by atoms with Gasteiger partial charge >= 0.3 is 5.97 Å². The Hall–Kier alpha value is -1.10. The van der Waals surface area contributed by atoms with Gasteiger partial charge in [0.15, 0.2) is 0 Å². The number of rotatable bonds is 3. The van der Waals surface area contributed by atoms with E-state index in [0.717, 1.165) is 6.42 Å². The van der Waals surface area contributed by atoms with Crippen molar-refractivity contribution in [1.29, 1.82) is 0 Å². The Bertz CT molecular complexity index is 352. The lowest BCUT2D eigenvalue weighted by Crippen LogP contribution is -2.42. The van der Waals surface area contributed by atoms with Gasteiger partial charge in [0.25, 0.3) is 0 Å². The van der Waals surface area contributed by atoms with Crippen LogP contribution < -0.4 is 0 Å². The molecule has 17 heavy (non-hydrogen) atoms. The van der Waals surface area contributed by atoms with Crippen molar-refractivity contribution in [2.24, 2.45) is 11.3 Å². The van der Waals surface area contributed by atoms with E-state index in [0.29, 0.717) is 13.0 Å². The highest BCUT2D eigenvalue weighted by molar-refractivity contribution is 5.88. The second-order valence-electron chi connectivity index (χ2n) is 5.68. The largest absolute Gasteiger partial charge is 0.480 e. The van der Waals surface area contributed by atoms with E-state index in [4.69, 9.17) is 9.84 Å². The van der Waals surface area contributed by atoms with Crippen molar-refractivity contribution in [1.82, 2.24) is 4.90 Å².